The summed E-state index contributed by atoms with van der Waals surface area (Å²) in [5.74, 6) is 0.807. The van der Waals surface area contributed by atoms with Crippen LogP contribution in [0.2, 0.25) is 0 Å². The third-order valence-electron chi connectivity index (χ3n) is 2.05. The molecule has 0 saturated carbocycles. The summed E-state index contributed by atoms with van der Waals surface area (Å²) < 4.78 is 1.80. The van der Waals surface area contributed by atoms with Gasteiger partial charge in [0.15, 0.2) is 0 Å². The zero-order chi connectivity index (χ0) is 10.5. The molecule has 5 heteroatoms. The summed E-state index contributed by atoms with van der Waals surface area (Å²) in [7, 11) is 1.92. The predicted molar refractivity (Wildman–Crippen MR) is 57.4 cm³/mol. The van der Waals surface area contributed by atoms with E-state index in [1.165, 1.54) is 5.56 Å². The molecule has 0 aliphatic heterocycles. The summed E-state index contributed by atoms with van der Waals surface area (Å²) >= 11 is 0. The first-order valence-corrected chi connectivity index (χ1v) is 4.84. The first kappa shape index (κ1) is 9.64. The molecule has 0 spiro atoms. The summed E-state index contributed by atoms with van der Waals surface area (Å²) in [4.78, 5) is 0. The van der Waals surface area contributed by atoms with E-state index in [9.17, 15) is 0 Å². The molecule has 78 valence electrons. The molecule has 1 N–H and O–H groups in total. The normalized spacial score (nSPS) is 10.2. The Hall–Kier alpha value is -1.91. The van der Waals surface area contributed by atoms with Gasteiger partial charge in [-0.3, -0.25) is 4.68 Å². The Balaban J connectivity index is 1.80. The van der Waals surface area contributed by atoms with Crippen LogP contribution in [0.15, 0.2) is 30.7 Å². The lowest BCUT2D eigenvalue weighted by Gasteiger charge is -2.02. The van der Waals surface area contributed by atoms with Crippen molar-refractivity contribution in [3.05, 3.63) is 36.3 Å². The van der Waals surface area contributed by atoms with E-state index in [0.717, 1.165) is 18.8 Å². The first-order chi connectivity index (χ1) is 7.34. The minimum absolute atomic E-state index is 0.807. The summed E-state index contributed by atoms with van der Waals surface area (Å²) in [6.07, 6.45) is 6.48. The van der Waals surface area contributed by atoms with Crippen LogP contribution in [0, 0.1) is 0 Å². The SMILES string of the molecule is Cn1cc(CCNc2cccnn2)cn1. The number of nitrogens with zero attached hydrogens (tertiary/aromatic N) is 4. The van der Waals surface area contributed by atoms with Crippen LogP contribution in [0.4, 0.5) is 5.82 Å². The molecular weight excluding hydrogens is 190 g/mol. The third kappa shape index (κ3) is 2.77. The summed E-state index contributed by atoms with van der Waals surface area (Å²) in [6.45, 7) is 0.838. The van der Waals surface area contributed by atoms with Crippen molar-refractivity contribution < 1.29 is 0 Å². The molecule has 0 saturated heterocycles. The lowest BCUT2D eigenvalue weighted by Crippen LogP contribution is -2.06. The standard InChI is InChI=1S/C10H13N5/c1-15-8-9(7-13-15)4-6-11-10-3-2-5-12-14-10/h2-3,5,7-8H,4,6H2,1H3,(H,11,14). The number of nitrogens with one attached hydrogen (secondary N) is 1. The van der Waals surface area contributed by atoms with Crippen LogP contribution < -0.4 is 5.32 Å². The van der Waals surface area contributed by atoms with Crippen molar-refractivity contribution in [2.45, 2.75) is 6.42 Å². The molecule has 0 aliphatic rings. The van der Waals surface area contributed by atoms with Crippen LogP contribution in [0.5, 0.6) is 0 Å². The number of anilines is 1. The molecule has 0 unspecified atom stereocenters. The Bertz CT molecular complexity index is 409. The second kappa shape index (κ2) is 4.54. The van der Waals surface area contributed by atoms with Crippen LogP contribution in [-0.4, -0.2) is 26.5 Å². The van der Waals surface area contributed by atoms with Crippen molar-refractivity contribution in [2.75, 3.05) is 11.9 Å². The smallest absolute Gasteiger partial charge is 0.148 e. The molecule has 0 radical (unpaired) electrons. The molecule has 2 aromatic rings. The fourth-order valence-electron chi connectivity index (χ4n) is 1.33. The zero-order valence-corrected chi connectivity index (χ0v) is 8.59. The Morgan fingerprint density at radius 1 is 1.47 bits per heavy atom. The van der Waals surface area contributed by atoms with Gasteiger partial charge in [0.25, 0.3) is 0 Å². The maximum Gasteiger partial charge on any atom is 0.148 e. The van der Waals surface area contributed by atoms with Crippen molar-refractivity contribution in [2.24, 2.45) is 7.05 Å². The van der Waals surface area contributed by atoms with Gasteiger partial charge in [-0.25, -0.2) is 0 Å². The molecule has 0 fully saturated rings. The van der Waals surface area contributed by atoms with Crippen LogP contribution >= 0.6 is 0 Å². The predicted octanol–water partition coefficient (Wildman–Crippen LogP) is 0.865. The van der Waals surface area contributed by atoms with Gasteiger partial charge in [0.2, 0.25) is 0 Å². The highest BCUT2D eigenvalue weighted by Gasteiger charge is 1.96. The fraction of sp³-hybridized carbons (Fsp3) is 0.300. The van der Waals surface area contributed by atoms with Crippen molar-refractivity contribution in [1.29, 1.82) is 0 Å². The molecular formula is C10H13N5. The maximum absolute atomic E-state index is 4.10. The van der Waals surface area contributed by atoms with Crippen LogP contribution in [0.3, 0.4) is 0 Å². The van der Waals surface area contributed by atoms with Crippen LogP contribution in [0.25, 0.3) is 0 Å². The largest absolute Gasteiger partial charge is 0.368 e. The lowest BCUT2D eigenvalue weighted by molar-refractivity contribution is 0.766. The second-order valence-electron chi connectivity index (χ2n) is 3.31. The minimum atomic E-state index is 0.807. The Morgan fingerprint density at radius 2 is 2.40 bits per heavy atom. The van der Waals surface area contributed by atoms with Gasteiger partial charge in [-0.2, -0.15) is 10.2 Å². The Morgan fingerprint density at radius 3 is 3.07 bits per heavy atom. The van der Waals surface area contributed by atoms with E-state index in [0.29, 0.717) is 0 Å². The molecule has 0 aliphatic carbocycles. The Labute approximate surface area is 88.1 Å². The quantitative estimate of drug-likeness (QED) is 0.801. The number of hydrogen-bond donors (Lipinski definition) is 1. The first-order valence-electron chi connectivity index (χ1n) is 4.84. The molecule has 2 heterocycles. The van der Waals surface area contributed by atoms with E-state index < -0.39 is 0 Å². The molecule has 0 atom stereocenters. The number of aromatic nitrogens is 4. The van der Waals surface area contributed by atoms with Crippen molar-refractivity contribution in [1.82, 2.24) is 20.0 Å². The highest BCUT2D eigenvalue weighted by atomic mass is 15.2. The van der Waals surface area contributed by atoms with Crippen molar-refractivity contribution in [3.63, 3.8) is 0 Å². The van der Waals surface area contributed by atoms with Gasteiger partial charge in [0.1, 0.15) is 5.82 Å². The minimum Gasteiger partial charge on any atom is -0.368 e. The van der Waals surface area contributed by atoms with E-state index in [1.807, 2.05) is 31.6 Å². The third-order valence-corrected chi connectivity index (χ3v) is 2.05. The average molecular weight is 203 g/mol. The number of aryl methyl sites for hydroxylation is 1. The van der Waals surface area contributed by atoms with E-state index in [-0.39, 0.29) is 0 Å². The van der Waals surface area contributed by atoms with Crippen molar-refractivity contribution in [3.8, 4) is 0 Å². The van der Waals surface area contributed by atoms with E-state index in [4.69, 9.17) is 0 Å². The van der Waals surface area contributed by atoms with Gasteiger partial charge < -0.3 is 5.32 Å². The van der Waals surface area contributed by atoms with Gasteiger partial charge >= 0.3 is 0 Å². The van der Waals surface area contributed by atoms with Gasteiger partial charge in [-0.1, -0.05) is 0 Å². The van der Waals surface area contributed by atoms with Gasteiger partial charge in [-0.15, -0.1) is 5.10 Å². The maximum atomic E-state index is 4.10. The van der Waals surface area contributed by atoms with E-state index in [2.05, 4.69) is 20.6 Å². The highest BCUT2D eigenvalue weighted by Crippen LogP contribution is 2.00. The van der Waals surface area contributed by atoms with E-state index >= 15 is 0 Å². The van der Waals surface area contributed by atoms with Gasteiger partial charge in [0, 0.05) is 26.0 Å². The summed E-state index contributed by atoms with van der Waals surface area (Å²) in [5.41, 5.74) is 1.22. The average Bonchev–Trinajstić information content (AvgIpc) is 2.66. The molecule has 2 aromatic heterocycles. The lowest BCUT2D eigenvalue weighted by atomic mass is 10.2. The molecule has 15 heavy (non-hydrogen) atoms. The second-order valence-corrected chi connectivity index (χ2v) is 3.31. The Kier molecular flexibility index (Phi) is 2.92. The molecule has 0 aromatic carbocycles. The number of rotatable bonds is 4. The van der Waals surface area contributed by atoms with Gasteiger partial charge in [0.05, 0.1) is 6.20 Å². The monoisotopic (exact) mass is 203 g/mol. The fourth-order valence-corrected chi connectivity index (χ4v) is 1.33. The zero-order valence-electron chi connectivity index (χ0n) is 8.59. The van der Waals surface area contributed by atoms with Crippen LogP contribution in [0.1, 0.15) is 5.56 Å². The highest BCUT2D eigenvalue weighted by molar-refractivity contribution is 5.31. The molecule has 0 amide bonds. The van der Waals surface area contributed by atoms with E-state index in [1.54, 1.807) is 10.9 Å². The summed E-state index contributed by atoms with van der Waals surface area (Å²) in [6, 6.07) is 3.76. The van der Waals surface area contributed by atoms with Crippen LogP contribution in [-0.2, 0) is 13.5 Å². The molecule has 5 nitrogen and oxygen atoms in total. The van der Waals surface area contributed by atoms with Crippen molar-refractivity contribution >= 4 is 5.82 Å². The van der Waals surface area contributed by atoms with Gasteiger partial charge in [-0.05, 0) is 24.1 Å². The molecule has 2 rings (SSSR count). The topological polar surface area (TPSA) is 55.6 Å². The number of hydrogen-bond acceptors (Lipinski definition) is 4. The molecule has 0 bridgehead atoms. The summed E-state index contributed by atoms with van der Waals surface area (Å²) in [5, 5.41) is 15.0.